The van der Waals surface area contributed by atoms with Crippen LogP contribution in [-0.4, -0.2) is 10.1 Å². The summed E-state index contributed by atoms with van der Waals surface area (Å²) in [5, 5.41) is 9.85. The van der Waals surface area contributed by atoms with Gasteiger partial charge in [-0.25, -0.2) is 9.78 Å². The van der Waals surface area contributed by atoms with E-state index < -0.39 is 5.63 Å². The van der Waals surface area contributed by atoms with Crippen molar-refractivity contribution in [2.75, 3.05) is 0 Å². The second-order valence-corrected chi connectivity index (χ2v) is 4.36. The van der Waals surface area contributed by atoms with Gasteiger partial charge in [0.25, 0.3) is 0 Å². The second-order valence-electron chi connectivity index (χ2n) is 4.36. The highest BCUT2D eigenvalue weighted by atomic mass is 16.4. The third kappa shape index (κ3) is 2.21. The molecule has 1 N–H and O–H groups in total. The number of rotatable bonds is 2. The van der Waals surface area contributed by atoms with Crippen LogP contribution in [0.4, 0.5) is 0 Å². The molecule has 0 amide bonds. The van der Waals surface area contributed by atoms with Gasteiger partial charge in [0.1, 0.15) is 5.52 Å². The van der Waals surface area contributed by atoms with Gasteiger partial charge in [-0.3, -0.25) is 0 Å². The van der Waals surface area contributed by atoms with Crippen LogP contribution in [0.25, 0.3) is 22.9 Å². The van der Waals surface area contributed by atoms with Gasteiger partial charge in [-0.1, -0.05) is 6.07 Å². The van der Waals surface area contributed by atoms with Crippen LogP contribution in [0.2, 0.25) is 0 Å². The molecule has 0 aliphatic heterocycles. The fourth-order valence-corrected chi connectivity index (χ4v) is 1.84. The first-order chi connectivity index (χ1) is 9.63. The maximum absolute atomic E-state index is 11.8. The number of aliphatic hydroxyl groups is 1. The van der Waals surface area contributed by atoms with E-state index in [0.717, 1.165) is 5.56 Å². The molecule has 1 aromatic carbocycles. The Morgan fingerprint density at radius 3 is 2.95 bits per heavy atom. The zero-order chi connectivity index (χ0) is 14.1. The molecule has 0 saturated heterocycles. The molecule has 3 aromatic rings. The van der Waals surface area contributed by atoms with Crippen LogP contribution in [0.15, 0.2) is 50.2 Å². The molecule has 5 nitrogen and oxygen atoms in total. The topological polar surface area (TPSA) is 76.5 Å². The lowest BCUT2D eigenvalue weighted by Gasteiger charge is -1.99. The Morgan fingerprint density at radius 1 is 1.35 bits per heavy atom. The summed E-state index contributed by atoms with van der Waals surface area (Å²) in [5.41, 5.74) is 1.36. The first kappa shape index (κ1) is 12.2. The molecule has 2 heterocycles. The molecular formula is C15H11NO4. The van der Waals surface area contributed by atoms with Gasteiger partial charge in [0.05, 0.1) is 6.26 Å². The number of furan rings is 1. The fourth-order valence-electron chi connectivity index (χ4n) is 1.84. The number of hydrogen-bond donors (Lipinski definition) is 1. The Bertz CT molecular complexity index is 844. The Balaban J connectivity index is 2.13. The number of fused-ring (bicyclic) bond motifs is 1. The normalized spacial score (nSPS) is 11.9. The monoisotopic (exact) mass is 269 g/mol. The summed E-state index contributed by atoms with van der Waals surface area (Å²) in [6.07, 6.45) is 2.66. The predicted molar refractivity (Wildman–Crippen MR) is 74.2 cm³/mol. The SMILES string of the molecule is Cc1ccc2nc(C=C(O)c3ccco3)c(=O)oc2c1. The van der Waals surface area contributed by atoms with Gasteiger partial charge in [0, 0.05) is 6.08 Å². The molecule has 0 atom stereocenters. The Kier molecular flexibility index (Phi) is 2.87. The van der Waals surface area contributed by atoms with E-state index in [9.17, 15) is 9.90 Å². The quantitative estimate of drug-likeness (QED) is 0.723. The molecule has 0 saturated carbocycles. The van der Waals surface area contributed by atoms with Gasteiger partial charge in [-0.15, -0.1) is 0 Å². The van der Waals surface area contributed by atoms with Crippen molar-refractivity contribution in [3.05, 3.63) is 64.0 Å². The lowest BCUT2D eigenvalue weighted by molar-refractivity contribution is 0.461. The summed E-state index contributed by atoms with van der Waals surface area (Å²) in [6.45, 7) is 1.90. The number of aromatic nitrogens is 1. The van der Waals surface area contributed by atoms with Crippen molar-refractivity contribution in [1.82, 2.24) is 4.98 Å². The average Bonchev–Trinajstić information content (AvgIpc) is 2.94. The summed E-state index contributed by atoms with van der Waals surface area (Å²) >= 11 is 0. The maximum atomic E-state index is 11.8. The van der Waals surface area contributed by atoms with Gasteiger partial charge in [-0.05, 0) is 36.8 Å². The minimum atomic E-state index is -0.610. The zero-order valence-electron chi connectivity index (χ0n) is 10.7. The molecule has 2 aromatic heterocycles. The van der Waals surface area contributed by atoms with Crippen LogP contribution in [0.1, 0.15) is 17.0 Å². The fraction of sp³-hybridized carbons (Fsp3) is 0.0667. The Labute approximate surface area is 113 Å². The maximum Gasteiger partial charge on any atom is 0.362 e. The molecular weight excluding hydrogens is 258 g/mol. The van der Waals surface area contributed by atoms with E-state index in [0.29, 0.717) is 11.1 Å². The number of aryl methyl sites for hydroxylation is 1. The van der Waals surface area contributed by atoms with Crippen LogP contribution >= 0.6 is 0 Å². The van der Waals surface area contributed by atoms with Crippen LogP contribution in [0.5, 0.6) is 0 Å². The van der Waals surface area contributed by atoms with E-state index in [2.05, 4.69) is 4.98 Å². The lowest BCUT2D eigenvalue weighted by atomic mass is 10.2. The first-order valence-electron chi connectivity index (χ1n) is 5.99. The second kappa shape index (κ2) is 4.70. The van der Waals surface area contributed by atoms with Gasteiger partial charge in [-0.2, -0.15) is 0 Å². The van der Waals surface area contributed by atoms with Crippen LogP contribution in [0, 0.1) is 6.92 Å². The molecule has 0 radical (unpaired) electrons. The Hall–Kier alpha value is -2.82. The molecule has 3 rings (SSSR count). The third-order valence-corrected chi connectivity index (χ3v) is 2.82. The van der Waals surface area contributed by atoms with E-state index in [4.69, 9.17) is 8.83 Å². The summed E-state index contributed by atoms with van der Waals surface area (Å²) in [4.78, 5) is 16.0. The Morgan fingerprint density at radius 2 is 2.20 bits per heavy atom. The summed E-state index contributed by atoms with van der Waals surface area (Å²) in [5.74, 6) is 0.0801. The minimum absolute atomic E-state index is 0.0234. The van der Waals surface area contributed by atoms with Gasteiger partial charge < -0.3 is 13.9 Å². The minimum Gasteiger partial charge on any atom is -0.504 e. The zero-order valence-corrected chi connectivity index (χ0v) is 10.7. The van der Waals surface area contributed by atoms with Crippen LogP contribution in [-0.2, 0) is 0 Å². The standard InChI is InChI=1S/C15H11NO4/c1-9-4-5-10-14(7-9)20-15(18)11(16-10)8-12(17)13-3-2-6-19-13/h2-8,17H,1H3. The molecule has 0 aliphatic rings. The average molecular weight is 269 g/mol. The number of hydrogen-bond acceptors (Lipinski definition) is 5. The number of benzene rings is 1. The molecule has 0 fully saturated rings. The first-order valence-corrected chi connectivity index (χ1v) is 5.99. The van der Waals surface area contributed by atoms with Crippen molar-refractivity contribution in [1.29, 1.82) is 0 Å². The number of nitrogens with zero attached hydrogens (tertiary/aromatic N) is 1. The smallest absolute Gasteiger partial charge is 0.362 e. The van der Waals surface area contributed by atoms with E-state index in [1.54, 1.807) is 24.3 Å². The lowest BCUT2D eigenvalue weighted by Crippen LogP contribution is -2.06. The van der Waals surface area contributed by atoms with Gasteiger partial charge in [0.15, 0.2) is 22.8 Å². The summed E-state index contributed by atoms with van der Waals surface area (Å²) in [7, 11) is 0. The molecule has 0 spiro atoms. The number of aliphatic hydroxyl groups excluding tert-OH is 1. The summed E-state index contributed by atoms with van der Waals surface area (Å²) in [6, 6.07) is 8.59. The van der Waals surface area contributed by atoms with Crippen LogP contribution < -0.4 is 5.63 Å². The summed E-state index contributed by atoms with van der Waals surface area (Å²) < 4.78 is 10.2. The molecule has 20 heavy (non-hydrogen) atoms. The highest BCUT2D eigenvalue weighted by molar-refractivity contribution is 5.77. The highest BCUT2D eigenvalue weighted by Gasteiger charge is 2.08. The molecule has 0 bridgehead atoms. The molecule has 5 heteroatoms. The van der Waals surface area contributed by atoms with Gasteiger partial charge in [0.2, 0.25) is 0 Å². The van der Waals surface area contributed by atoms with Crippen molar-refractivity contribution >= 4 is 22.9 Å². The molecule has 0 unspecified atom stereocenters. The van der Waals surface area contributed by atoms with Crippen molar-refractivity contribution < 1.29 is 13.9 Å². The third-order valence-electron chi connectivity index (χ3n) is 2.82. The van der Waals surface area contributed by atoms with Crippen molar-refractivity contribution in [3.8, 4) is 0 Å². The molecule has 0 aliphatic carbocycles. The van der Waals surface area contributed by atoms with Gasteiger partial charge >= 0.3 is 5.63 Å². The van der Waals surface area contributed by atoms with Crippen molar-refractivity contribution in [2.45, 2.75) is 6.92 Å². The predicted octanol–water partition coefficient (Wildman–Crippen LogP) is 3.15. The highest BCUT2D eigenvalue weighted by Crippen LogP contribution is 2.16. The van der Waals surface area contributed by atoms with E-state index in [1.807, 2.05) is 13.0 Å². The van der Waals surface area contributed by atoms with E-state index >= 15 is 0 Å². The largest absolute Gasteiger partial charge is 0.504 e. The van der Waals surface area contributed by atoms with Crippen LogP contribution in [0.3, 0.4) is 0 Å². The van der Waals surface area contributed by atoms with E-state index in [1.165, 1.54) is 12.3 Å². The van der Waals surface area contributed by atoms with Crippen molar-refractivity contribution in [3.63, 3.8) is 0 Å². The molecule has 100 valence electrons. The van der Waals surface area contributed by atoms with Crippen molar-refractivity contribution in [2.24, 2.45) is 0 Å². The van der Waals surface area contributed by atoms with E-state index in [-0.39, 0.29) is 17.2 Å².